The minimum absolute atomic E-state index is 0.643. The maximum atomic E-state index is 3.64. The second kappa shape index (κ2) is 7.25. The molecule has 0 radical (unpaired) electrons. The van der Waals surface area contributed by atoms with Crippen molar-refractivity contribution in [3.05, 3.63) is 24.0 Å². The number of rotatable bonds is 6. The van der Waals surface area contributed by atoms with E-state index in [-0.39, 0.29) is 0 Å². The molecule has 4 heteroatoms. The van der Waals surface area contributed by atoms with Gasteiger partial charge in [-0.15, -0.1) is 0 Å². The molecule has 1 aromatic rings. The molecule has 1 aliphatic rings. The summed E-state index contributed by atoms with van der Waals surface area (Å²) in [4.78, 5) is 5.08. The molecule has 2 heterocycles. The molecule has 0 spiro atoms. The Hall–Kier alpha value is -0.840. The summed E-state index contributed by atoms with van der Waals surface area (Å²) in [5.74, 6) is 0.694. The lowest BCUT2D eigenvalue weighted by molar-refractivity contribution is 0.0874. The minimum Gasteiger partial charge on any atom is -0.353 e. The van der Waals surface area contributed by atoms with Gasteiger partial charge >= 0.3 is 0 Å². The predicted octanol–water partition coefficient (Wildman–Crippen LogP) is 1.39. The van der Waals surface area contributed by atoms with Crippen LogP contribution in [0.5, 0.6) is 0 Å². The lowest BCUT2D eigenvalue weighted by Crippen LogP contribution is -2.53. The average molecular weight is 278 g/mol. The zero-order valence-corrected chi connectivity index (χ0v) is 13.5. The van der Waals surface area contributed by atoms with Crippen molar-refractivity contribution in [2.45, 2.75) is 26.4 Å². The maximum absolute atomic E-state index is 3.64. The van der Waals surface area contributed by atoms with Crippen molar-refractivity contribution in [2.75, 3.05) is 39.8 Å². The highest BCUT2D eigenvalue weighted by Crippen LogP contribution is 2.13. The molecular weight excluding hydrogens is 248 g/mol. The molecule has 1 saturated heterocycles. The molecule has 114 valence electrons. The monoisotopic (exact) mass is 278 g/mol. The van der Waals surface area contributed by atoms with Crippen molar-refractivity contribution in [3.8, 4) is 0 Å². The quantitative estimate of drug-likeness (QED) is 0.850. The van der Waals surface area contributed by atoms with Gasteiger partial charge in [-0.25, -0.2) is 0 Å². The van der Waals surface area contributed by atoms with Gasteiger partial charge in [0.2, 0.25) is 0 Å². The third-order valence-electron chi connectivity index (χ3n) is 4.49. The first-order valence-electron chi connectivity index (χ1n) is 7.81. The van der Waals surface area contributed by atoms with E-state index in [1.807, 2.05) is 0 Å². The molecule has 0 bridgehead atoms. The minimum atomic E-state index is 0.643. The Morgan fingerprint density at radius 2 is 1.85 bits per heavy atom. The number of aromatic nitrogens is 1. The maximum Gasteiger partial charge on any atom is 0.0359 e. The summed E-state index contributed by atoms with van der Waals surface area (Å²) >= 11 is 0. The summed E-state index contributed by atoms with van der Waals surface area (Å²) in [5.41, 5.74) is 1.35. The van der Waals surface area contributed by atoms with Crippen molar-refractivity contribution in [2.24, 2.45) is 13.0 Å². The molecule has 4 nitrogen and oxygen atoms in total. The van der Waals surface area contributed by atoms with Crippen molar-refractivity contribution < 1.29 is 0 Å². The molecule has 20 heavy (non-hydrogen) atoms. The van der Waals surface area contributed by atoms with Crippen molar-refractivity contribution >= 4 is 0 Å². The normalized spacial score (nSPS) is 19.6. The van der Waals surface area contributed by atoms with Gasteiger partial charge < -0.3 is 14.8 Å². The van der Waals surface area contributed by atoms with E-state index in [1.165, 1.54) is 31.9 Å². The van der Waals surface area contributed by atoms with Crippen LogP contribution in [0.3, 0.4) is 0 Å². The fourth-order valence-corrected chi connectivity index (χ4v) is 2.97. The van der Waals surface area contributed by atoms with Crippen LogP contribution >= 0.6 is 0 Å². The first-order valence-corrected chi connectivity index (χ1v) is 7.81. The Kier molecular flexibility index (Phi) is 5.64. The number of nitrogens with zero attached hydrogens (tertiary/aromatic N) is 3. The lowest BCUT2D eigenvalue weighted by Gasteiger charge is -2.40. The summed E-state index contributed by atoms with van der Waals surface area (Å²) in [5, 5.41) is 3.64. The molecule has 1 N–H and O–H groups in total. The van der Waals surface area contributed by atoms with Gasteiger partial charge in [0, 0.05) is 64.2 Å². The molecule has 0 aliphatic carbocycles. The third kappa shape index (κ3) is 4.08. The van der Waals surface area contributed by atoms with Crippen LogP contribution in [0.4, 0.5) is 0 Å². The Morgan fingerprint density at radius 1 is 1.15 bits per heavy atom. The van der Waals surface area contributed by atoms with Gasteiger partial charge in [0.1, 0.15) is 0 Å². The Balaban J connectivity index is 1.82. The van der Waals surface area contributed by atoms with Crippen molar-refractivity contribution in [1.82, 2.24) is 19.7 Å². The van der Waals surface area contributed by atoms with Crippen LogP contribution in [0.1, 0.15) is 19.5 Å². The molecule has 1 aliphatic heterocycles. The van der Waals surface area contributed by atoms with Crippen LogP contribution in [-0.2, 0) is 13.6 Å². The van der Waals surface area contributed by atoms with E-state index in [0.717, 1.165) is 13.1 Å². The van der Waals surface area contributed by atoms with Gasteiger partial charge in [0.15, 0.2) is 0 Å². The fourth-order valence-electron chi connectivity index (χ4n) is 2.97. The topological polar surface area (TPSA) is 23.4 Å². The number of likely N-dealkylation sites (N-methyl/N-ethyl adjacent to an activating group) is 1. The van der Waals surface area contributed by atoms with Gasteiger partial charge in [-0.05, 0) is 25.1 Å². The van der Waals surface area contributed by atoms with E-state index >= 15 is 0 Å². The Labute approximate surface area is 123 Å². The highest BCUT2D eigenvalue weighted by Gasteiger charge is 2.24. The molecule has 1 aromatic heterocycles. The highest BCUT2D eigenvalue weighted by molar-refractivity contribution is 5.06. The molecule has 0 aromatic carbocycles. The van der Waals surface area contributed by atoms with Crippen LogP contribution in [0.15, 0.2) is 18.3 Å². The molecule has 2 rings (SSSR count). The highest BCUT2D eigenvalue weighted by atomic mass is 15.3. The van der Waals surface area contributed by atoms with Crippen LogP contribution in [0, 0.1) is 5.92 Å². The zero-order chi connectivity index (χ0) is 14.5. The molecular formula is C16H30N4. The van der Waals surface area contributed by atoms with Gasteiger partial charge in [0.05, 0.1) is 0 Å². The summed E-state index contributed by atoms with van der Waals surface area (Å²) < 4.78 is 2.19. The largest absolute Gasteiger partial charge is 0.353 e. The number of aryl methyl sites for hydroxylation is 1. The van der Waals surface area contributed by atoms with E-state index in [4.69, 9.17) is 0 Å². The molecule has 1 fully saturated rings. The second-order valence-electron chi connectivity index (χ2n) is 6.39. The fraction of sp³-hybridized carbons (Fsp3) is 0.750. The predicted molar refractivity (Wildman–Crippen MR) is 84.8 cm³/mol. The van der Waals surface area contributed by atoms with Gasteiger partial charge in [-0.2, -0.15) is 0 Å². The molecule has 1 atom stereocenters. The number of nitrogens with one attached hydrogen (secondary N) is 1. The first kappa shape index (κ1) is 15.5. The van der Waals surface area contributed by atoms with E-state index < -0.39 is 0 Å². The average Bonchev–Trinajstić information content (AvgIpc) is 2.81. The van der Waals surface area contributed by atoms with Crippen LogP contribution in [0.2, 0.25) is 0 Å². The van der Waals surface area contributed by atoms with Crippen molar-refractivity contribution in [3.63, 3.8) is 0 Å². The molecule has 1 unspecified atom stereocenters. The smallest absolute Gasteiger partial charge is 0.0359 e. The standard InChI is InChI=1S/C16H30N4/c1-14(2)16(20-10-8-18(3)9-11-20)13-17-12-15-6-5-7-19(15)4/h5-7,14,16-17H,8-13H2,1-4H3. The Bertz CT molecular complexity index is 391. The van der Waals surface area contributed by atoms with E-state index in [2.05, 4.69) is 66.0 Å². The Morgan fingerprint density at radius 3 is 2.40 bits per heavy atom. The number of piperazine rings is 1. The van der Waals surface area contributed by atoms with E-state index in [0.29, 0.717) is 12.0 Å². The summed E-state index contributed by atoms with van der Waals surface area (Å²) in [6.07, 6.45) is 2.11. The summed E-state index contributed by atoms with van der Waals surface area (Å²) in [6.45, 7) is 11.5. The number of hydrogen-bond acceptors (Lipinski definition) is 3. The zero-order valence-electron chi connectivity index (χ0n) is 13.5. The SMILES string of the molecule is CC(C)C(CNCc1cccn1C)N1CCN(C)CC1. The van der Waals surface area contributed by atoms with Gasteiger partial charge in [0.25, 0.3) is 0 Å². The summed E-state index contributed by atoms with van der Waals surface area (Å²) in [7, 11) is 4.33. The van der Waals surface area contributed by atoms with Gasteiger partial charge in [-0.3, -0.25) is 4.90 Å². The van der Waals surface area contributed by atoms with E-state index in [9.17, 15) is 0 Å². The van der Waals surface area contributed by atoms with Crippen molar-refractivity contribution in [1.29, 1.82) is 0 Å². The third-order valence-corrected chi connectivity index (χ3v) is 4.49. The second-order valence-corrected chi connectivity index (χ2v) is 6.39. The van der Waals surface area contributed by atoms with Crippen LogP contribution < -0.4 is 5.32 Å². The lowest BCUT2D eigenvalue weighted by atomic mass is 10.0. The number of hydrogen-bond donors (Lipinski definition) is 1. The molecule has 0 amide bonds. The first-order chi connectivity index (χ1) is 9.58. The van der Waals surface area contributed by atoms with Crippen LogP contribution in [0.25, 0.3) is 0 Å². The summed E-state index contributed by atoms with van der Waals surface area (Å²) in [6, 6.07) is 4.94. The van der Waals surface area contributed by atoms with E-state index in [1.54, 1.807) is 0 Å². The van der Waals surface area contributed by atoms with Gasteiger partial charge in [-0.1, -0.05) is 13.8 Å². The van der Waals surface area contributed by atoms with Crippen LogP contribution in [-0.4, -0.2) is 60.2 Å². The molecule has 0 saturated carbocycles.